The Hall–Kier alpha value is -2.47. The van der Waals surface area contributed by atoms with Crippen molar-refractivity contribution in [3.63, 3.8) is 0 Å². The highest BCUT2D eigenvalue weighted by Crippen LogP contribution is 2.27. The summed E-state index contributed by atoms with van der Waals surface area (Å²) < 4.78 is 27.2. The van der Waals surface area contributed by atoms with Crippen molar-refractivity contribution < 1.29 is 13.6 Å². The summed E-state index contributed by atoms with van der Waals surface area (Å²) in [7, 11) is 0. The number of carbonyl (C=O) groups excluding carboxylic acids is 1. The molecule has 0 spiro atoms. The third-order valence-electron chi connectivity index (χ3n) is 4.01. The highest BCUT2D eigenvalue weighted by Gasteiger charge is 2.13. The molecule has 2 aromatic carbocycles. The van der Waals surface area contributed by atoms with E-state index in [-0.39, 0.29) is 5.75 Å². The molecule has 0 aliphatic carbocycles. The first-order chi connectivity index (χ1) is 12.3. The van der Waals surface area contributed by atoms with Crippen LogP contribution in [0.3, 0.4) is 0 Å². The summed E-state index contributed by atoms with van der Waals surface area (Å²) in [6, 6.07) is 9.53. The number of rotatable bonds is 4. The van der Waals surface area contributed by atoms with E-state index in [9.17, 15) is 13.6 Å². The molecule has 0 radical (unpaired) electrons. The molecular formula is C20H18F2N2OS. The Kier molecular flexibility index (Phi) is 5.23. The summed E-state index contributed by atoms with van der Waals surface area (Å²) in [5, 5.41) is 4.07. The zero-order valence-corrected chi connectivity index (χ0v) is 15.5. The summed E-state index contributed by atoms with van der Waals surface area (Å²) in [6.07, 6.45) is 0. The minimum Gasteiger partial charge on any atom is -0.320 e. The van der Waals surface area contributed by atoms with Gasteiger partial charge in [-0.25, -0.2) is 13.8 Å². The SMILES string of the molecule is Cc1cc(C)c2nc(SCC(=O)Nc3c(F)cccc3F)cc(C)c2c1. The molecule has 0 atom stereocenters. The van der Waals surface area contributed by atoms with E-state index in [0.29, 0.717) is 5.03 Å². The lowest BCUT2D eigenvalue weighted by Gasteiger charge is -2.10. The smallest absolute Gasteiger partial charge is 0.234 e. The van der Waals surface area contributed by atoms with Crippen molar-refractivity contribution in [1.29, 1.82) is 0 Å². The van der Waals surface area contributed by atoms with Gasteiger partial charge in [-0.1, -0.05) is 29.5 Å². The van der Waals surface area contributed by atoms with Gasteiger partial charge < -0.3 is 5.32 Å². The monoisotopic (exact) mass is 372 g/mol. The van der Waals surface area contributed by atoms with Crippen LogP contribution in [0.4, 0.5) is 14.5 Å². The lowest BCUT2D eigenvalue weighted by molar-refractivity contribution is -0.113. The van der Waals surface area contributed by atoms with Gasteiger partial charge in [-0.15, -0.1) is 0 Å². The first kappa shape index (κ1) is 18.3. The fraction of sp³-hybridized carbons (Fsp3) is 0.200. The average molecular weight is 372 g/mol. The second-order valence-corrected chi connectivity index (χ2v) is 7.18. The van der Waals surface area contributed by atoms with Gasteiger partial charge in [0.15, 0.2) is 0 Å². The molecule has 3 nitrogen and oxygen atoms in total. The minimum atomic E-state index is -0.797. The third kappa shape index (κ3) is 3.85. The summed E-state index contributed by atoms with van der Waals surface area (Å²) in [5.74, 6) is -2.07. The van der Waals surface area contributed by atoms with Crippen molar-refractivity contribution in [2.45, 2.75) is 25.8 Å². The van der Waals surface area contributed by atoms with Crippen LogP contribution in [0, 0.1) is 32.4 Å². The molecule has 6 heteroatoms. The number of halogens is 2. The molecule has 1 aromatic heterocycles. The number of hydrogen-bond acceptors (Lipinski definition) is 3. The molecule has 3 aromatic rings. The predicted octanol–water partition coefficient (Wildman–Crippen LogP) is 5.17. The number of amides is 1. The number of hydrogen-bond donors (Lipinski definition) is 1. The Morgan fingerprint density at radius 3 is 2.46 bits per heavy atom. The zero-order chi connectivity index (χ0) is 18.8. The number of para-hydroxylation sites is 1. The van der Waals surface area contributed by atoms with Crippen LogP contribution in [-0.2, 0) is 4.79 Å². The lowest BCUT2D eigenvalue weighted by atomic mass is 10.0. The van der Waals surface area contributed by atoms with Crippen LogP contribution in [0.1, 0.15) is 16.7 Å². The second kappa shape index (κ2) is 7.41. The van der Waals surface area contributed by atoms with E-state index in [1.807, 2.05) is 26.8 Å². The van der Waals surface area contributed by atoms with Crippen LogP contribution < -0.4 is 5.32 Å². The summed E-state index contributed by atoms with van der Waals surface area (Å²) in [6.45, 7) is 6.05. The molecule has 0 fully saturated rings. The van der Waals surface area contributed by atoms with Crippen LogP contribution in [0.15, 0.2) is 41.4 Å². The number of nitrogens with zero attached hydrogens (tertiary/aromatic N) is 1. The Labute approximate surface area is 154 Å². The molecule has 0 saturated heterocycles. The fourth-order valence-electron chi connectivity index (χ4n) is 2.82. The van der Waals surface area contributed by atoms with Crippen LogP contribution in [-0.4, -0.2) is 16.6 Å². The number of carbonyl (C=O) groups is 1. The molecule has 1 amide bonds. The van der Waals surface area contributed by atoms with E-state index >= 15 is 0 Å². The Morgan fingerprint density at radius 2 is 1.77 bits per heavy atom. The van der Waals surface area contributed by atoms with Gasteiger partial charge >= 0.3 is 0 Å². The number of benzene rings is 2. The molecule has 26 heavy (non-hydrogen) atoms. The number of aromatic nitrogens is 1. The average Bonchev–Trinajstić information content (AvgIpc) is 2.57. The largest absolute Gasteiger partial charge is 0.320 e. The number of fused-ring (bicyclic) bond motifs is 1. The number of anilines is 1. The van der Waals surface area contributed by atoms with E-state index in [2.05, 4.69) is 22.4 Å². The molecular weight excluding hydrogens is 354 g/mol. The van der Waals surface area contributed by atoms with Gasteiger partial charge in [0.25, 0.3) is 0 Å². The van der Waals surface area contributed by atoms with E-state index < -0.39 is 23.2 Å². The van der Waals surface area contributed by atoms with E-state index in [4.69, 9.17) is 0 Å². The van der Waals surface area contributed by atoms with Gasteiger partial charge in [0, 0.05) is 5.39 Å². The quantitative estimate of drug-likeness (QED) is 0.643. The van der Waals surface area contributed by atoms with Crippen LogP contribution in [0.25, 0.3) is 10.9 Å². The second-order valence-electron chi connectivity index (χ2n) is 6.19. The molecule has 3 rings (SSSR count). The van der Waals surface area contributed by atoms with Crippen molar-refractivity contribution in [2.75, 3.05) is 11.1 Å². The number of thioether (sulfide) groups is 1. The zero-order valence-electron chi connectivity index (χ0n) is 14.7. The number of pyridine rings is 1. The molecule has 0 aliphatic rings. The molecule has 1 heterocycles. The summed E-state index contributed by atoms with van der Waals surface area (Å²) >= 11 is 1.23. The van der Waals surface area contributed by atoms with Crippen molar-refractivity contribution in [3.05, 3.63) is 64.7 Å². The first-order valence-corrected chi connectivity index (χ1v) is 9.09. The van der Waals surface area contributed by atoms with Gasteiger partial charge in [-0.2, -0.15) is 0 Å². The molecule has 1 N–H and O–H groups in total. The van der Waals surface area contributed by atoms with Gasteiger partial charge in [0.05, 0.1) is 16.3 Å². The Bertz CT molecular complexity index is 985. The van der Waals surface area contributed by atoms with E-state index in [0.717, 1.165) is 34.2 Å². The van der Waals surface area contributed by atoms with Crippen LogP contribution in [0.5, 0.6) is 0 Å². The summed E-state index contributed by atoms with van der Waals surface area (Å²) in [4.78, 5) is 16.7. The summed E-state index contributed by atoms with van der Waals surface area (Å²) in [5.41, 5.74) is 3.80. The van der Waals surface area contributed by atoms with Gasteiger partial charge in [-0.3, -0.25) is 4.79 Å². The maximum atomic E-state index is 13.6. The fourth-order valence-corrected chi connectivity index (χ4v) is 3.59. The van der Waals surface area contributed by atoms with Crippen LogP contribution in [0.2, 0.25) is 0 Å². The molecule has 0 bridgehead atoms. The molecule has 134 valence electrons. The first-order valence-electron chi connectivity index (χ1n) is 8.10. The van der Waals surface area contributed by atoms with Crippen LogP contribution >= 0.6 is 11.8 Å². The third-order valence-corrected chi connectivity index (χ3v) is 4.92. The van der Waals surface area contributed by atoms with Gasteiger partial charge in [0.1, 0.15) is 17.3 Å². The molecule has 0 aliphatic heterocycles. The van der Waals surface area contributed by atoms with Crippen molar-refractivity contribution in [1.82, 2.24) is 4.98 Å². The van der Waals surface area contributed by atoms with E-state index in [1.54, 1.807) is 0 Å². The maximum absolute atomic E-state index is 13.6. The minimum absolute atomic E-state index is 0.0105. The lowest BCUT2D eigenvalue weighted by Crippen LogP contribution is -2.16. The van der Waals surface area contributed by atoms with Crippen molar-refractivity contribution in [3.8, 4) is 0 Å². The topological polar surface area (TPSA) is 42.0 Å². The number of aryl methyl sites for hydroxylation is 3. The standard InChI is InChI=1S/C20H18F2N2OS/c1-11-7-13(3)19-14(8-11)12(2)9-18(24-19)26-10-17(25)23-20-15(21)5-4-6-16(20)22/h4-9H,10H2,1-3H3,(H,23,25). The highest BCUT2D eigenvalue weighted by atomic mass is 32.2. The van der Waals surface area contributed by atoms with Crippen molar-refractivity contribution >= 4 is 34.3 Å². The number of nitrogens with one attached hydrogen (secondary N) is 1. The van der Waals surface area contributed by atoms with Gasteiger partial charge in [-0.05, 0) is 56.2 Å². The van der Waals surface area contributed by atoms with Crippen molar-refractivity contribution in [2.24, 2.45) is 0 Å². The van der Waals surface area contributed by atoms with Gasteiger partial charge in [0.2, 0.25) is 5.91 Å². The highest BCUT2D eigenvalue weighted by molar-refractivity contribution is 7.99. The molecule has 0 unspecified atom stereocenters. The predicted molar refractivity (Wildman–Crippen MR) is 102 cm³/mol. The maximum Gasteiger partial charge on any atom is 0.234 e. The Balaban J connectivity index is 1.76. The van der Waals surface area contributed by atoms with E-state index in [1.165, 1.54) is 23.4 Å². The normalized spacial score (nSPS) is 11.0. The molecule has 0 saturated carbocycles. The Morgan fingerprint density at radius 1 is 1.08 bits per heavy atom.